The maximum absolute atomic E-state index is 12.3. The third kappa shape index (κ3) is 2.50. The molecule has 0 bridgehead atoms. The Balaban J connectivity index is 2.33. The summed E-state index contributed by atoms with van der Waals surface area (Å²) in [6, 6.07) is 4.92. The molecule has 100 valence electrons. The molecule has 2 heterocycles. The van der Waals surface area contributed by atoms with E-state index in [2.05, 4.69) is 5.10 Å². The van der Waals surface area contributed by atoms with E-state index in [9.17, 15) is 9.59 Å². The predicted octanol–water partition coefficient (Wildman–Crippen LogP) is 1.39. The second-order valence-corrected chi connectivity index (χ2v) is 4.74. The number of Topliss-reactive ketones (excluding diaryl/α,β-unsaturated/α-hetero) is 1. The summed E-state index contributed by atoms with van der Waals surface area (Å²) < 4.78 is 3.17. The molecule has 0 radical (unpaired) electrons. The molecule has 5 nitrogen and oxygen atoms in total. The van der Waals surface area contributed by atoms with Gasteiger partial charge in [-0.1, -0.05) is 0 Å². The van der Waals surface area contributed by atoms with Gasteiger partial charge in [0.25, 0.3) is 5.56 Å². The van der Waals surface area contributed by atoms with Crippen LogP contribution in [0, 0.1) is 20.8 Å². The quantitative estimate of drug-likeness (QED) is 0.783. The van der Waals surface area contributed by atoms with Crippen molar-refractivity contribution in [3.8, 4) is 0 Å². The van der Waals surface area contributed by atoms with Crippen molar-refractivity contribution in [2.24, 2.45) is 7.05 Å². The van der Waals surface area contributed by atoms with E-state index in [0.717, 1.165) is 11.4 Å². The van der Waals surface area contributed by atoms with Gasteiger partial charge in [0.2, 0.25) is 0 Å². The fourth-order valence-electron chi connectivity index (χ4n) is 2.02. The van der Waals surface area contributed by atoms with Crippen molar-refractivity contribution in [3.63, 3.8) is 0 Å². The van der Waals surface area contributed by atoms with Crippen LogP contribution in [0.5, 0.6) is 0 Å². The number of hydrogen-bond donors (Lipinski definition) is 0. The first-order valence-electron chi connectivity index (χ1n) is 6.11. The van der Waals surface area contributed by atoms with Crippen LogP contribution in [-0.4, -0.2) is 20.1 Å². The van der Waals surface area contributed by atoms with Crippen molar-refractivity contribution >= 4 is 5.78 Å². The van der Waals surface area contributed by atoms with E-state index < -0.39 is 0 Å². The average molecular weight is 259 g/mol. The Hall–Kier alpha value is -2.17. The average Bonchev–Trinajstić information content (AvgIpc) is 2.62. The number of rotatable bonds is 3. The summed E-state index contributed by atoms with van der Waals surface area (Å²) >= 11 is 0. The van der Waals surface area contributed by atoms with Gasteiger partial charge < -0.3 is 4.57 Å². The van der Waals surface area contributed by atoms with Gasteiger partial charge >= 0.3 is 0 Å². The molecule has 0 fully saturated rings. The van der Waals surface area contributed by atoms with Gasteiger partial charge in [0.15, 0.2) is 5.78 Å². The Morgan fingerprint density at radius 3 is 2.53 bits per heavy atom. The van der Waals surface area contributed by atoms with Crippen LogP contribution in [-0.2, 0) is 13.6 Å². The summed E-state index contributed by atoms with van der Waals surface area (Å²) in [5, 5.41) is 4.07. The topological polar surface area (TPSA) is 56.9 Å². The van der Waals surface area contributed by atoms with Crippen LogP contribution in [0.4, 0.5) is 0 Å². The van der Waals surface area contributed by atoms with Gasteiger partial charge in [-0.3, -0.25) is 9.59 Å². The number of carbonyl (C=O) groups is 1. The Kier molecular flexibility index (Phi) is 3.38. The maximum atomic E-state index is 12.3. The first-order valence-corrected chi connectivity index (χ1v) is 6.11. The van der Waals surface area contributed by atoms with Crippen molar-refractivity contribution in [3.05, 3.63) is 51.2 Å². The van der Waals surface area contributed by atoms with E-state index >= 15 is 0 Å². The minimum atomic E-state index is -0.260. The summed E-state index contributed by atoms with van der Waals surface area (Å²) in [5.41, 5.74) is 3.03. The molecule has 0 aliphatic rings. The van der Waals surface area contributed by atoms with E-state index in [0.29, 0.717) is 11.3 Å². The molecule has 2 aromatic heterocycles. The highest BCUT2D eigenvalue weighted by atomic mass is 16.1. The zero-order valence-electron chi connectivity index (χ0n) is 11.6. The van der Waals surface area contributed by atoms with Crippen molar-refractivity contribution in [2.45, 2.75) is 27.3 Å². The lowest BCUT2D eigenvalue weighted by molar-refractivity contribution is 0.0965. The molecule has 0 saturated heterocycles. The Bertz CT molecular complexity index is 695. The van der Waals surface area contributed by atoms with Crippen molar-refractivity contribution in [1.29, 1.82) is 0 Å². The fourth-order valence-corrected chi connectivity index (χ4v) is 2.02. The number of ketones is 1. The largest absolute Gasteiger partial charge is 0.351 e. The molecule has 0 aliphatic heterocycles. The molecule has 0 unspecified atom stereocenters. The van der Waals surface area contributed by atoms with E-state index in [1.54, 1.807) is 13.0 Å². The van der Waals surface area contributed by atoms with Crippen LogP contribution in [0.2, 0.25) is 0 Å². The molecule has 0 saturated carbocycles. The third-order valence-corrected chi connectivity index (χ3v) is 3.37. The first-order chi connectivity index (χ1) is 8.90. The van der Waals surface area contributed by atoms with Crippen LogP contribution in [0.15, 0.2) is 23.0 Å². The molecule has 0 aliphatic carbocycles. The van der Waals surface area contributed by atoms with Crippen LogP contribution in [0.3, 0.4) is 0 Å². The third-order valence-electron chi connectivity index (χ3n) is 3.37. The van der Waals surface area contributed by atoms with Crippen LogP contribution in [0.1, 0.15) is 27.4 Å². The summed E-state index contributed by atoms with van der Waals surface area (Å²) in [5.74, 6) is -0.0959. The smallest absolute Gasteiger partial charge is 0.267 e. The van der Waals surface area contributed by atoms with E-state index in [-0.39, 0.29) is 17.9 Å². The summed E-state index contributed by atoms with van der Waals surface area (Å²) in [7, 11) is 1.92. The lowest BCUT2D eigenvalue weighted by Gasteiger charge is -2.05. The summed E-state index contributed by atoms with van der Waals surface area (Å²) in [6.45, 7) is 5.61. The Labute approximate surface area is 111 Å². The van der Waals surface area contributed by atoms with Gasteiger partial charge in [0.1, 0.15) is 6.54 Å². The molecule has 5 heteroatoms. The maximum Gasteiger partial charge on any atom is 0.267 e. The molecule has 0 aromatic carbocycles. The van der Waals surface area contributed by atoms with E-state index in [1.165, 1.54) is 10.7 Å². The normalized spacial score (nSPS) is 10.7. The minimum absolute atomic E-state index is 0.0230. The number of nitrogens with zero attached hydrogens (tertiary/aromatic N) is 3. The SMILES string of the molecule is Cc1ccc(=O)n(CC(=O)c2cc(C)n(C)c2C)n1. The van der Waals surface area contributed by atoms with Gasteiger partial charge in [-0.2, -0.15) is 5.10 Å². The summed E-state index contributed by atoms with van der Waals surface area (Å²) in [6.07, 6.45) is 0. The van der Waals surface area contributed by atoms with Crippen LogP contribution in [0.25, 0.3) is 0 Å². The molecule has 2 rings (SSSR count). The van der Waals surface area contributed by atoms with Crippen LogP contribution < -0.4 is 5.56 Å². The van der Waals surface area contributed by atoms with Gasteiger partial charge in [0, 0.05) is 30.1 Å². The van der Waals surface area contributed by atoms with E-state index in [4.69, 9.17) is 0 Å². The highest BCUT2D eigenvalue weighted by Crippen LogP contribution is 2.14. The molecular weight excluding hydrogens is 242 g/mol. The molecule has 0 atom stereocenters. The minimum Gasteiger partial charge on any atom is -0.351 e. The number of hydrogen-bond acceptors (Lipinski definition) is 3. The Morgan fingerprint density at radius 2 is 1.95 bits per heavy atom. The predicted molar refractivity (Wildman–Crippen MR) is 72.5 cm³/mol. The molecule has 0 spiro atoms. The van der Waals surface area contributed by atoms with Gasteiger partial charge in [-0.15, -0.1) is 0 Å². The highest BCUT2D eigenvalue weighted by molar-refractivity contribution is 5.97. The second-order valence-electron chi connectivity index (χ2n) is 4.74. The number of carbonyl (C=O) groups excluding carboxylic acids is 1. The van der Waals surface area contributed by atoms with E-state index in [1.807, 2.05) is 31.5 Å². The number of aryl methyl sites for hydroxylation is 2. The lowest BCUT2D eigenvalue weighted by Crippen LogP contribution is -2.26. The molecule has 19 heavy (non-hydrogen) atoms. The molecule has 2 aromatic rings. The zero-order valence-corrected chi connectivity index (χ0v) is 11.6. The van der Waals surface area contributed by atoms with Crippen molar-refractivity contribution in [2.75, 3.05) is 0 Å². The standard InChI is InChI=1S/C14H17N3O2/c1-9-5-6-14(19)17(15-9)8-13(18)12-7-10(2)16(4)11(12)3/h5-7H,8H2,1-4H3. The highest BCUT2D eigenvalue weighted by Gasteiger charge is 2.15. The zero-order chi connectivity index (χ0) is 14.2. The number of aromatic nitrogens is 3. The fraction of sp³-hybridized carbons (Fsp3) is 0.357. The molecule has 0 amide bonds. The van der Waals surface area contributed by atoms with Crippen molar-refractivity contribution in [1.82, 2.24) is 14.3 Å². The van der Waals surface area contributed by atoms with Crippen LogP contribution >= 0.6 is 0 Å². The lowest BCUT2D eigenvalue weighted by atomic mass is 10.1. The Morgan fingerprint density at radius 1 is 1.26 bits per heavy atom. The van der Waals surface area contributed by atoms with Crippen molar-refractivity contribution < 1.29 is 4.79 Å². The summed E-state index contributed by atoms with van der Waals surface area (Å²) in [4.78, 5) is 23.9. The molecule has 0 N–H and O–H groups in total. The van der Waals surface area contributed by atoms with Gasteiger partial charge in [0.05, 0.1) is 5.69 Å². The molecular formula is C14H17N3O2. The first kappa shape index (κ1) is 13.3. The second kappa shape index (κ2) is 4.84. The monoisotopic (exact) mass is 259 g/mol. The van der Waals surface area contributed by atoms with Gasteiger partial charge in [-0.25, -0.2) is 4.68 Å². The van der Waals surface area contributed by atoms with Gasteiger partial charge in [-0.05, 0) is 32.9 Å².